The minimum atomic E-state index is -0.226. The van der Waals surface area contributed by atoms with E-state index < -0.39 is 0 Å². The van der Waals surface area contributed by atoms with Crippen LogP contribution in [0.25, 0.3) is 11.0 Å². The molecular weight excluding hydrogens is 480 g/mol. The molecule has 0 aliphatic carbocycles. The highest BCUT2D eigenvalue weighted by Gasteiger charge is 2.26. The fraction of sp³-hybridized carbons (Fsp3) is 0.259. The molecule has 5 rings (SSSR count). The molecule has 0 bridgehead atoms. The van der Waals surface area contributed by atoms with Crippen LogP contribution < -0.4 is 15.4 Å². The van der Waals surface area contributed by atoms with Crippen LogP contribution in [0.3, 0.4) is 0 Å². The molecule has 3 heterocycles. The third kappa shape index (κ3) is 4.88. The first kappa shape index (κ1) is 24.1. The molecule has 9 heteroatoms. The zero-order valence-electron chi connectivity index (χ0n) is 19.8. The number of aromatic amines is 1. The van der Waals surface area contributed by atoms with Gasteiger partial charge in [-0.05, 0) is 37.1 Å². The van der Waals surface area contributed by atoms with Gasteiger partial charge in [-0.2, -0.15) is 0 Å². The van der Waals surface area contributed by atoms with E-state index in [0.717, 1.165) is 24.2 Å². The van der Waals surface area contributed by atoms with Crippen LogP contribution in [0, 0.1) is 0 Å². The molecule has 1 fully saturated rings. The van der Waals surface area contributed by atoms with Crippen molar-refractivity contribution in [3.05, 3.63) is 77.1 Å². The number of para-hydroxylation sites is 1. The molecule has 0 unspecified atom stereocenters. The van der Waals surface area contributed by atoms with Crippen LogP contribution in [0.5, 0.6) is 11.5 Å². The number of fused-ring (bicyclic) bond motifs is 1. The molecule has 0 saturated carbocycles. The Morgan fingerprint density at radius 2 is 2.03 bits per heavy atom. The number of carbonyl (C=O) groups is 1. The number of anilines is 2. The van der Waals surface area contributed by atoms with Crippen molar-refractivity contribution in [1.29, 1.82) is 0 Å². The van der Waals surface area contributed by atoms with Crippen LogP contribution in [-0.4, -0.2) is 53.3 Å². The van der Waals surface area contributed by atoms with Gasteiger partial charge in [0.05, 0.1) is 52.9 Å². The average molecular weight is 507 g/mol. The first-order valence-corrected chi connectivity index (χ1v) is 12.2. The highest BCUT2D eigenvalue weighted by atomic mass is 35.5. The molecule has 2 aromatic heterocycles. The lowest BCUT2D eigenvalue weighted by atomic mass is 10.0. The van der Waals surface area contributed by atoms with Crippen molar-refractivity contribution >= 4 is 39.8 Å². The largest absolute Gasteiger partial charge is 0.457 e. The molecule has 8 nitrogen and oxygen atoms in total. The van der Waals surface area contributed by atoms with E-state index in [0.29, 0.717) is 45.3 Å². The molecule has 4 N–H and O–H groups in total. The van der Waals surface area contributed by atoms with Crippen LogP contribution in [-0.2, 0) is 4.74 Å². The maximum Gasteiger partial charge on any atom is 0.196 e. The van der Waals surface area contributed by atoms with E-state index in [1.54, 1.807) is 30.6 Å². The van der Waals surface area contributed by atoms with Gasteiger partial charge in [0, 0.05) is 30.9 Å². The molecule has 0 spiro atoms. The molecule has 1 aliphatic heterocycles. The van der Waals surface area contributed by atoms with Crippen LogP contribution in [0.1, 0.15) is 28.8 Å². The molecule has 2 aromatic carbocycles. The summed E-state index contributed by atoms with van der Waals surface area (Å²) in [4.78, 5) is 21.3. The third-order valence-corrected chi connectivity index (χ3v) is 6.61. The number of aliphatic hydroxyl groups is 1. The van der Waals surface area contributed by atoms with Gasteiger partial charge < -0.3 is 30.2 Å². The smallest absolute Gasteiger partial charge is 0.196 e. The van der Waals surface area contributed by atoms with E-state index in [2.05, 4.69) is 20.6 Å². The van der Waals surface area contributed by atoms with Crippen molar-refractivity contribution in [2.45, 2.75) is 25.0 Å². The molecular formula is C27H27ClN4O4. The summed E-state index contributed by atoms with van der Waals surface area (Å²) in [5.41, 5.74) is 2.94. The Hall–Kier alpha value is -3.59. The standard InChI is InChI=1S/C27H27ClN4O4/c1-29-23-13-31-27-24(25(23)32-16-7-8-19(14-33)35-15-16)21(12-30-27)26(34)20-10-9-18(11-22(20)28)36-17-5-3-2-4-6-17/h2-6,9-13,16,19,29,33H,7-8,14-15H2,1H3,(H2,30,31,32)/t16-,19-/m0/s1. The summed E-state index contributed by atoms with van der Waals surface area (Å²) in [6, 6.07) is 14.5. The lowest BCUT2D eigenvalue weighted by Gasteiger charge is -2.30. The van der Waals surface area contributed by atoms with E-state index in [1.165, 1.54) is 0 Å². The number of halogens is 1. The Kier molecular flexibility index (Phi) is 7.09. The summed E-state index contributed by atoms with van der Waals surface area (Å²) in [6.07, 6.45) is 4.83. The second-order valence-corrected chi connectivity index (χ2v) is 9.07. The summed E-state index contributed by atoms with van der Waals surface area (Å²) >= 11 is 6.55. The second kappa shape index (κ2) is 10.6. The van der Waals surface area contributed by atoms with Crippen LogP contribution >= 0.6 is 11.6 Å². The van der Waals surface area contributed by atoms with Gasteiger partial charge in [0.2, 0.25) is 0 Å². The number of nitrogens with zero attached hydrogens (tertiary/aromatic N) is 1. The van der Waals surface area contributed by atoms with E-state index in [-0.39, 0.29) is 24.5 Å². The number of hydrogen-bond donors (Lipinski definition) is 4. The summed E-state index contributed by atoms with van der Waals surface area (Å²) in [6.45, 7) is 0.473. The zero-order valence-corrected chi connectivity index (χ0v) is 20.5. The van der Waals surface area contributed by atoms with Gasteiger partial charge in [-0.3, -0.25) is 4.79 Å². The number of nitrogens with one attached hydrogen (secondary N) is 3. The topological polar surface area (TPSA) is 109 Å². The number of rotatable bonds is 8. The summed E-state index contributed by atoms with van der Waals surface area (Å²) in [5, 5.41) is 17.0. The van der Waals surface area contributed by atoms with Crippen molar-refractivity contribution in [2.75, 3.05) is 30.9 Å². The quantitative estimate of drug-likeness (QED) is 0.242. The number of aliphatic hydroxyl groups excluding tert-OH is 1. The maximum atomic E-state index is 13.7. The minimum absolute atomic E-state index is 0.0143. The number of benzene rings is 2. The molecule has 4 aromatic rings. The van der Waals surface area contributed by atoms with Gasteiger partial charge in [0.1, 0.15) is 17.1 Å². The number of ether oxygens (including phenoxy) is 2. The first-order chi connectivity index (χ1) is 17.6. The molecule has 1 aliphatic rings. The van der Waals surface area contributed by atoms with Crippen molar-refractivity contribution in [3.63, 3.8) is 0 Å². The number of hydrogen-bond acceptors (Lipinski definition) is 7. The predicted molar refractivity (Wildman–Crippen MR) is 141 cm³/mol. The number of pyridine rings is 1. The van der Waals surface area contributed by atoms with E-state index in [4.69, 9.17) is 21.1 Å². The van der Waals surface area contributed by atoms with Crippen molar-refractivity contribution < 1.29 is 19.4 Å². The SMILES string of the molecule is CNc1cnc2[nH]cc(C(=O)c3ccc(Oc4ccccc4)cc3Cl)c2c1N[C@H]1CC[C@@H](CO)OC1. The fourth-order valence-electron chi connectivity index (χ4n) is 4.40. The molecule has 2 atom stereocenters. The van der Waals surface area contributed by atoms with Crippen molar-refractivity contribution in [3.8, 4) is 11.5 Å². The van der Waals surface area contributed by atoms with E-state index in [9.17, 15) is 9.90 Å². The molecule has 186 valence electrons. The highest BCUT2D eigenvalue weighted by Crippen LogP contribution is 2.36. The van der Waals surface area contributed by atoms with Crippen LogP contribution in [0.2, 0.25) is 5.02 Å². The lowest BCUT2D eigenvalue weighted by Crippen LogP contribution is -2.36. The van der Waals surface area contributed by atoms with Crippen molar-refractivity contribution in [1.82, 2.24) is 9.97 Å². The summed E-state index contributed by atoms with van der Waals surface area (Å²) in [7, 11) is 1.81. The van der Waals surface area contributed by atoms with Crippen molar-refractivity contribution in [2.24, 2.45) is 0 Å². The number of aromatic nitrogens is 2. The Morgan fingerprint density at radius 3 is 2.72 bits per heavy atom. The fourth-order valence-corrected chi connectivity index (χ4v) is 4.65. The van der Waals surface area contributed by atoms with Gasteiger partial charge in [-0.25, -0.2) is 4.98 Å². The zero-order chi connectivity index (χ0) is 25.1. The molecule has 1 saturated heterocycles. The van der Waals surface area contributed by atoms with E-state index in [1.807, 2.05) is 37.4 Å². The maximum absolute atomic E-state index is 13.7. The second-order valence-electron chi connectivity index (χ2n) is 8.67. The predicted octanol–water partition coefficient (Wildman–Crippen LogP) is 5.23. The van der Waals surface area contributed by atoms with Gasteiger partial charge in [0.25, 0.3) is 0 Å². The molecule has 0 radical (unpaired) electrons. The first-order valence-electron chi connectivity index (χ1n) is 11.8. The van der Waals surface area contributed by atoms with Gasteiger partial charge in [-0.15, -0.1) is 0 Å². The van der Waals surface area contributed by atoms with Gasteiger partial charge in [0.15, 0.2) is 5.78 Å². The number of ketones is 1. The monoisotopic (exact) mass is 506 g/mol. The Bertz CT molecular complexity index is 1370. The average Bonchev–Trinajstić information content (AvgIpc) is 3.34. The Balaban J connectivity index is 1.46. The van der Waals surface area contributed by atoms with Crippen LogP contribution in [0.15, 0.2) is 60.9 Å². The van der Waals surface area contributed by atoms with Gasteiger partial charge >= 0.3 is 0 Å². The Labute approximate surface area is 213 Å². The summed E-state index contributed by atoms with van der Waals surface area (Å²) in [5.74, 6) is 1.00. The summed E-state index contributed by atoms with van der Waals surface area (Å²) < 4.78 is 11.6. The lowest BCUT2D eigenvalue weighted by molar-refractivity contribution is -0.0223. The molecule has 36 heavy (non-hydrogen) atoms. The van der Waals surface area contributed by atoms with Gasteiger partial charge in [-0.1, -0.05) is 29.8 Å². The normalized spacial score (nSPS) is 17.6. The third-order valence-electron chi connectivity index (χ3n) is 6.30. The van der Waals surface area contributed by atoms with E-state index >= 15 is 0 Å². The number of H-pyrrole nitrogens is 1. The minimum Gasteiger partial charge on any atom is -0.457 e. The number of carbonyl (C=O) groups excluding carboxylic acids is 1. The molecule has 0 amide bonds. The highest BCUT2D eigenvalue weighted by molar-refractivity contribution is 6.36. The van der Waals surface area contributed by atoms with Crippen LogP contribution in [0.4, 0.5) is 11.4 Å². The Morgan fingerprint density at radius 1 is 1.19 bits per heavy atom.